The lowest BCUT2D eigenvalue weighted by atomic mass is 10.2. The fourth-order valence-electron chi connectivity index (χ4n) is 1.41. The van der Waals surface area contributed by atoms with Crippen LogP contribution < -0.4 is 4.57 Å². The molecule has 0 spiro atoms. The molecule has 0 aliphatic carbocycles. The second-order valence-corrected chi connectivity index (χ2v) is 3.36. The van der Waals surface area contributed by atoms with Gasteiger partial charge in [0.05, 0.1) is 0 Å². The third kappa shape index (κ3) is 2.53. The predicted molar refractivity (Wildman–Crippen MR) is 53.8 cm³/mol. The average Bonchev–Trinajstić information content (AvgIpc) is 2.22. The highest BCUT2D eigenvalue weighted by molar-refractivity contribution is 5.15. The van der Waals surface area contributed by atoms with Crippen LogP contribution >= 0.6 is 0 Å². The topological polar surface area (TPSA) is 24.1 Å². The summed E-state index contributed by atoms with van der Waals surface area (Å²) in [6.45, 7) is 0.620. The van der Waals surface area contributed by atoms with Gasteiger partial charge >= 0.3 is 0 Å². The van der Waals surface area contributed by atoms with Gasteiger partial charge in [-0.25, -0.2) is 4.39 Å². The molecule has 3 heteroatoms. The number of nitrogens with zero attached hydrogens (tertiary/aromatic N) is 1. The maximum Gasteiger partial charge on any atom is 0.211 e. The highest BCUT2D eigenvalue weighted by Gasteiger charge is 2.03. The fraction of sp³-hybridized carbons (Fsp3) is 0.0833. The molecule has 76 valence electrons. The fourth-order valence-corrected chi connectivity index (χ4v) is 1.41. The molecule has 0 atom stereocenters. The molecule has 0 amide bonds. The van der Waals surface area contributed by atoms with Crippen molar-refractivity contribution in [2.24, 2.45) is 0 Å². The van der Waals surface area contributed by atoms with Gasteiger partial charge in [0.2, 0.25) is 6.20 Å². The van der Waals surface area contributed by atoms with Crippen molar-refractivity contribution in [3.63, 3.8) is 0 Å². The first kappa shape index (κ1) is 9.65. The number of rotatable bonds is 2. The first-order valence-corrected chi connectivity index (χ1v) is 4.66. The van der Waals surface area contributed by atoms with E-state index in [2.05, 4.69) is 0 Å². The van der Waals surface area contributed by atoms with Crippen LogP contribution in [0.15, 0.2) is 48.8 Å². The van der Waals surface area contributed by atoms with E-state index < -0.39 is 0 Å². The monoisotopic (exact) mass is 204 g/mol. The van der Waals surface area contributed by atoms with Gasteiger partial charge in [-0.15, -0.1) is 0 Å². The summed E-state index contributed by atoms with van der Waals surface area (Å²) in [6, 6.07) is 9.69. The first-order chi connectivity index (χ1) is 7.24. The molecular formula is C12H11FNO+. The van der Waals surface area contributed by atoms with Crippen LogP contribution in [0.2, 0.25) is 0 Å². The number of hydrogen-bond acceptors (Lipinski definition) is 1. The van der Waals surface area contributed by atoms with Gasteiger partial charge in [0.25, 0.3) is 0 Å². The van der Waals surface area contributed by atoms with Gasteiger partial charge in [-0.3, -0.25) is 0 Å². The van der Waals surface area contributed by atoms with Gasteiger partial charge in [-0.05, 0) is 30.3 Å². The lowest BCUT2D eigenvalue weighted by Gasteiger charge is -1.97. The van der Waals surface area contributed by atoms with Crippen molar-refractivity contribution in [2.45, 2.75) is 6.54 Å². The van der Waals surface area contributed by atoms with Gasteiger partial charge in [0.15, 0.2) is 18.5 Å². The molecule has 0 bridgehead atoms. The number of pyridine rings is 1. The molecule has 1 N–H and O–H groups in total. The Hall–Kier alpha value is -1.90. The van der Waals surface area contributed by atoms with Crippen LogP contribution in [0.4, 0.5) is 4.39 Å². The van der Waals surface area contributed by atoms with Gasteiger partial charge in [0.1, 0.15) is 5.82 Å². The zero-order valence-electron chi connectivity index (χ0n) is 8.10. The molecule has 0 aliphatic rings. The van der Waals surface area contributed by atoms with E-state index in [0.717, 1.165) is 5.56 Å². The molecular weight excluding hydrogens is 193 g/mol. The summed E-state index contributed by atoms with van der Waals surface area (Å²) in [7, 11) is 0. The Kier molecular flexibility index (Phi) is 2.63. The van der Waals surface area contributed by atoms with E-state index in [0.29, 0.717) is 6.54 Å². The number of halogens is 1. The maximum absolute atomic E-state index is 12.6. The first-order valence-electron chi connectivity index (χ1n) is 4.66. The largest absolute Gasteiger partial charge is 0.503 e. The number of benzene rings is 1. The van der Waals surface area contributed by atoms with Crippen LogP contribution in [0.1, 0.15) is 5.56 Å². The van der Waals surface area contributed by atoms with E-state index in [9.17, 15) is 9.50 Å². The molecule has 1 aromatic heterocycles. The Morgan fingerprint density at radius 3 is 2.53 bits per heavy atom. The van der Waals surface area contributed by atoms with E-state index in [4.69, 9.17) is 0 Å². The predicted octanol–water partition coefficient (Wildman–Crippen LogP) is 1.87. The molecule has 0 saturated carbocycles. The average molecular weight is 204 g/mol. The lowest BCUT2D eigenvalue weighted by molar-refractivity contribution is -0.688. The van der Waals surface area contributed by atoms with Crippen molar-refractivity contribution in [3.05, 3.63) is 60.2 Å². The molecule has 0 aliphatic heterocycles. The third-order valence-corrected chi connectivity index (χ3v) is 2.12. The second kappa shape index (κ2) is 4.09. The van der Waals surface area contributed by atoms with Crippen molar-refractivity contribution in [1.82, 2.24) is 0 Å². The minimum absolute atomic E-state index is 0.222. The van der Waals surface area contributed by atoms with E-state index in [1.165, 1.54) is 12.1 Å². The van der Waals surface area contributed by atoms with Crippen molar-refractivity contribution in [2.75, 3.05) is 0 Å². The minimum atomic E-state index is -0.236. The Bertz CT molecular complexity index is 453. The molecule has 15 heavy (non-hydrogen) atoms. The Morgan fingerprint density at radius 1 is 1.13 bits per heavy atom. The quantitative estimate of drug-likeness (QED) is 0.742. The summed E-state index contributed by atoms with van der Waals surface area (Å²) in [4.78, 5) is 0. The van der Waals surface area contributed by atoms with E-state index >= 15 is 0 Å². The zero-order valence-corrected chi connectivity index (χ0v) is 8.10. The van der Waals surface area contributed by atoms with Crippen LogP contribution in [0.3, 0.4) is 0 Å². The Morgan fingerprint density at radius 2 is 1.87 bits per heavy atom. The van der Waals surface area contributed by atoms with Crippen LogP contribution in [-0.2, 0) is 6.54 Å². The van der Waals surface area contributed by atoms with Crippen molar-refractivity contribution < 1.29 is 14.1 Å². The van der Waals surface area contributed by atoms with Gasteiger partial charge in [-0.2, -0.15) is 4.57 Å². The molecule has 2 aromatic rings. The molecule has 1 aromatic carbocycles. The van der Waals surface area contributed by atoms with Crippen LogP contribution in [0.5, 0.6) is 5.75 Å². The SMILES string of the molecule is Oc1ccc[n+](Cc2ccc(F)cc2)c1. The molecule has 2 nitrogen and oxygen atoms in total. The van der Waals surface area contributed by atoms with Crippen LogP contribution in [0, 0.1) is 5.82 Å². The van der Waals surface area contributed by atoms with Crippen molar-refractivity contribution >= 4 is 0 Å². The highest BCUT2D eigenvalue weighted by atomic mass is 19.1. The summed E-state index contributed by atoms with van der Waals surface area (Å²) in [5, 5.41) is 9.25. The molecule has 1 heterocycles. The molecule has 0 radical (unpaired) electrons. The number of hydrogen-bond donors (Lipinski definition) is 1. The summed E-state index contributed by atoms with van der Waals surface area (Å²) in [6.07, 6.45) is 3.48. The third-order valence-electron chi connectivity index (χ3n) is 2.12. The normalized spacial score (nSPS) is 10.2. The number of aromatic hydroxyl groups is 1. The lowest BCUT2D eigenvalue weighted by Crippen LogP contribution is -2.32. The molecule has 0 unspecified atom stereocenters. The summed E-state index contributed by atoms with van der Waals surface area (Å²) in [5.74, 6) is -0.0146. The van der Waals surface area contributed by atoms with Crippen LogP contribution in [-0.4, -0.2) is 5.11 Å². The maximum atomic E-state index is 12.6. The van der Waals surface area contributed by atoms with Gasteiger partial charge in [-0.1, -0.05) is 0 Å². The Labute approximate surface area is 87.2 Å². The zero-order chi connectivity index (χ0) is 10.7. The van der Waals surface area contributed by atoms with E-state index in [-0.39, 0.29) is 11.6 Å². The van der Waals surface area contributed by atoms with E-state index in [1.807, 2.05) is 10.8 Å². The minimum Gasteiger partial charge on any atom is -0.503 e. The smallest absolute Gasteiger partial charge is 0.211 e. The summed E-state index contributed by atoms with van der Waals surface area (Å²) < 4.78 is 14.5. The Balaban J connectivity index is 2.18. The van der Waals surface area contributed by atoms with Crippen molar-refractivity contribution in [3.8, 4) is 5.75 Å². The standard InChI is InChI=1S/C12H10FNO/c13-11-5-3-10(4-6-11)8-14-7-1-2-12(15)9-14/h1-7,9H,8H2/p+1. The summed E-state index contributed by atoms with van der Waals surface area (Å²) >= 11 is 0. The van der Waals surface area contributed by atoms with Gasteiger partial charge < -0.3 is 5.11 Å². The summed E-state index contributed by atoms with van der Waals surface area (Å²) in [5.41, 5.74) is 0.993. The molecule has 0 saturated heterocycles. The molecule has 0 fully saturated rings. The molecule has 2 rings (SSSR count). The van der Waals surface area contributed by atoms with Crippen LogP contribution in [0.25, 0.3) is 0 Å². The van der Waals surface area contributed by atoms with Crippen molar-refractivity contribution in [1.29, 1.82) is 0 Å². The van der Waals surface area contributed by atoms with Gasteiger partial charge in [0, 0.05) is 11.6 Å². The second-order valence-electron chi connectivity index (χ2n) is 3.36. The number of aromatic nitrogens is 1. The highest BCUT2D eigenvalue weighted by Crippen LogP contribution is 2.04. The van der Waals surface area contributed by atoms with E-state index in [1.54, 1.807) is 30.5 Å².